The van der Waals surface area contributed by atoms with E-state index < -0.39 is 83.1 Å². The van der Waals surface area contributed by atoms with E-state index in [4.69, 9.17) is 4.74 Å². The van der Waals surface area contributed by atoms with E-state index in [9.17, 15) is 37.8 Å². The molecule has 1 aliphatic rings. The van der Waals surface area contributed by atoms with Gasteiger partial charge < -0.3 is 25.6 Å². The van der Waals surface area contributed by atoms with E-state index in [0.717, 1.165) is 36.8 Å². The second-order valence-corrected chi connectivity index (χ2v) is 10.5. The zero-order chi connectivity index (χ0) is 33.3. The van der Waals surface area contributed by atoms with Gasteiger partial charge in [-0.15, -0.1) is 0 Å². The maximum absolute atomic E-state index is 15.0. The summed E-state index contributed by atoms with van der Waals surface area (Å²) in [6.07, 6.45) is -3.37. The molecule has 1 fully saturated rings. The number of carbonyl (C=O) groups is 2. The van der Waals surface area contributed by atoms with Crippen LogP contribution >= 0.6 is 0 Å². The molecular weight excluding hydrogens is 621 g/mol. The fraction of sp³-hybridized carbons (Fsp3) is 0.300. The second kappa shape index (κ2) is 12.8. The quantitative estimate of drug-likeness (QED) is 0.121. The van der Waals surface area contributed by atoms with Crippen LogP contribution in [0.15, 0.2) is 47.3 Å². The van der Waals surface area contributed by atoms with Crippen molar-refractivity contribution in [2.75, 3.05) is 18.5 Å². The highest BCUT2D eigenvalue weighted by molar-refractivity contribution is 6.04. The van der Waals surface area contributed by atoms with Gasteiger partial charge in [0.05, 0.1) is 30.5 Å². The second-order valence-electron chi connectivity index (χ2n) is 10.5. The molecule has 4 aromatic rings. The Morgan fingerprint density at radius 3 is 2.30 bits per heavy atom. The number of aliphatic hydroxyl groups excluding tert-OH is 2. The number of carbonyl (C=O) groups excluding carboxylic acids is 2. The SMILES string of the molecule is Cc1ccc(C(=O)NC2CCC2)c(OC(=O)C(F)(F)F)c1-c1nc(NC(CO)CO)nc2c1ccc(=O)n2-c1c(F)cccc1F. The van der Waals surface area contributed by atoms with Gasteiger partial charge in [-0.05, 0) is 56.0 Å². The molecule has 16 heteroatoms. The third-order valence-corrected chi connectivity index (χ3v) is 7.40. The van der Waals surface area contributed by atoms with Gasteiger partial charge in [0.2, 0.25) is 5.95 Å². The van der Waals surface area contributed by atoms with Crippen molar-refractivity contribution in [2.24, 2.45) is 0 Å². The molecule has 1 aliphatic carbocycles. The Morgan fingerprint density at radius 2 is 1.72 bits per heavy atom. The third-order valence-electron chi connectivity index (χ3n) is 7.40. The van der Waals surface area contributed by atoms with Crippen molar-refractivity contribution >= 4 is 28.9 Å². The zero-order valence-corrected chi connectivity index (χ0v) is 24.0. The number of nitrogens with zero attached hydrogens (tertiary/aromatic N) is 3. The van der Waals surface area contributed by atoms with E-state index in [1.807, 2.05) is 0 Å². The molecular formula is C30H26F5N5O6. The number of aromatic nitrogens is 3. The lowest BCUT2D eigenvalue weighted by Gasteiger charge is -2.27. The number of para-hydroxylation sites is 1. The van der Waals surface area contributed by atoms with Crippen molar-refractivity contribution in [2.45, 2.75) is 44.4 Å². The van der Waals surface area contributed by atoms with Crippen LogP contribution < -0.4 is 20.9 Å². The highest BCUT2D eigenvalue weighted by Crippen LogP contribution is 2.40. The normalized spacial score (nSPS) is 13.5. The Kier molecular flexibility index (Phi) is 9.03. The van der Waals surface area contributed by atoms with Crippen LogP contribution in [-0.2, 0) is 4.79 Å². The molecule has 0 aliphatic heterocycles. The van der Waals surface area contributed by atoms with E-state index in [1.54, 1.807) is 0 Å². The van der Waals surface area contributed by atoms with Gasteiger partial charge in [-0.2, -0.15) is 18.2 Å². The summed E-state index contributed by atoms with van der Waals surface area (Å²) in [5.74, 6) is -7.04. The molecule has 2 aromatic heterocycles. The monoisotopic (exact) mass is 647 g/mol. The van der Waals surface area contributed by atoms with E-state index in [2.05, 4.69) is 20.6 Å². The predicted octanol–water partition coefficient (Wildman–Crippen LogP) is 3.55. The summed E-state index contributed by atoms with van der Waals surface area (Å²) in [5.41, 5.74) is -3.15. The number of ether oxygens (including phenoxy) is 1. The van der Waals surface area contributed by atoms with Crippen molar-refractivity contribution in [3.63, 3.8) is 0 Å². The number of hydrogen-bond donors (Lipinski definition) is 4. The minimum Gasteiger partial charge on any atom is -0.418 e. The van der Waals surface area contributed by atoms with Crippen LogP contribution in [0.2, 0.25) is 0 Å². The summed E-state index contributed by atoms with van der Waals surface area (Å²) >= 11 is 0. The Balaban J connectivity index is 1.87. The molecule has 4 N–H and O–H groups in total. The van der Waals surface area contributed by atoms with E-state index in [1.165, 1.54) is 19.1 Å². The number of aliphatic hydroxyl groups is 2. The first-order valence-electron chi connectivity index (χ1n) is 13.9. The van der Waals surface area contributed by atoms with Crippen LogP contribution in [0.1, 0.15) is 35.2 Å². The predicted molar refractivity (Wildman–Crippen MR) is 154 cm³/mol. The summed E-state index contributed by atoms with van der Waals surface area (Å²) in [7, 11) is 0. The van der Waals surface area contributed by atoms with Gasteiger partial charge in [-0.3, -0.25) is 14.2 Å². The number of halogens is 5. The highest BCUT2D eigenvalue weighted by atomic mass is 19.4. The maximum Gasteiger partial charge on any atom is 0.491 e. The molecule has 0 atom stereocenters. The summed E-state index contributed by atoms with van der Waals surface area (Å²) in [4.78, 5) is 47.2. The molecule has 46 heavy (non-hydrogen) atoms. The molecule has 0 saturated heterocycles. The molecule has 242 valence electrons. The first kappa shape index (κ1) is 32.4. The van der Waals surface area contributed by atoms with Gasteiger partial charge in [0.1, 0.15) is 17.3 Å². The Bertz CT molecular complexity index is 1870. The molecule has 11 nitrogen and oxygen atoms in total. The highest BCUT2D eigenvalue weighted by Gasteiger charge is 2.43. The largest absolute Gasteiger partial charge is 0.491 e. The van der Waals surface area contributed by atoms with Crippen LogP contribution in [0, 0.1) is 18.6 Å². The number of esters is 1. The van der Waals surface area contributed by atoms with Gasteiger partial charge in [0.15, 0.2) is 11.4 Å². The van der Waals surface area contributed by atoms with Gasteiger partial charge in [-0.1, -0.05) is 12.1 Å². The third kappa shape index (κ3) is 6.25. The van der Waals surface area contributed by atoms with Crippen LogP contribution in [0.5, 0.6) is 5.75 Å². The minimum atomic E-state index is -5.47. The fourth-order valence-corrected chi connectivity index (χ4v) is 4.85. The molecule has 2 heterocycles. The van der Waals surface area contributed by atoms with Crippen molar-refractivity contribution in [1.82, 2.24) is 19.9 Å². The van der Waals surface area contributed by atoms with Gasteiger partial charge in [0, 0.05) is 23.1 Å². The lowest BCUT2D eigenvalue weighted by molar-refractivity contribution is -0.189. The van der Waals surface area contributed by atoms with Gasteiger partial charge in [-0.25, -0.2) is 18.6 Å². The number of nitrogens with one attached hydrogen (secondary N) is 2. The van der Waals surface area contributed by atoms with Crippen molar-refractivity contribution < 1.29 is 46.5 Å². The van der Waals surface area contributed by atoms with Crippen molar-refractivity contribution in [3.8, 4) is 22.7 Å². The fourth-order valence-electron chi connectivity index (χ4n) is 4.85. The maximum atomic E-state index is 15.0. The van der Waals surface area contributed by atoms with E-state index in [-0.39, 0.29) is 28.2 Å². The van der Waals surface area contributed by atoms with Crippen molar-refractivity contribution in [1.29, 1.82) is 0 Å². The molecule has 0 bridgehead atoms. The lowest BCUT2D eigenvalue weighted by Crippen LogP contribution is -2.40. The molecule has 0 unspecified atom stereocenters. The molecule has 0 spiro atoms. The number of alkyl halides is 3. The minimum absolute atomic E-state index is 0.145. The number of rotatable bonds is 9. The summed E-state index contributed by atoms with van der Waals surface area (Å²) in [5, 5.41) is 24.4. The Hall–Kier alpha value is -4.96. The van der Waals surface area contributed by atoms with Crippen LogP contribution in [0.3, 0.4) is 0 Å². The number of anilines is 1. The van der Waals surface area contributed by atoms with Crippen LogP contribution in [0.4, 0.5) is 27.9 Å². The molecule has 1 saturated carbocycles. The number of aryl methyl sites for hydroxylation is 1. The topological polar surface area (TPSA) is 156 Å². The van der Waals surface area contributed by atoms with Crippen LogP contribution in [0.25, 0.3) is 28.0 Å². The first-order chi connectivity index (χ1) is 21.8. The zero-order valence-electron chi connectivity index (χ0n) is 24.0. The number of benzene rings is 2. The smallest absolute Gasteiger partial charge is 0.418 e. The number of fused-ring (bicyclic) bond motifs is 1. The standard InChI is InChI=1S/C30H26F5N5O6/c1-14-8-9-18(27(44)36-15-4-2-5-15)25(46-28(45)30(33,34)35)22(14)23-17-10-11-21(43)40(24-19(31)6-3-7-20(24)32)26(17)39-29(38-23)37-16(12-41)13-42/h3,6-11,15-16,41-42H,2,4-5,12-13H2,1H3,(H,36,44)(H,37,38,39). The summed E-state index contributed by atoms with van der Waals surface area (Å²) < 4.78 is 76.0. The average molecular weight is 648 g/mol. The van der Waals surface area contributed by atoms with E-state index >= 15 is 8.78 Å². The van der Waals surface area contributed by atoms with Crippen LogP contribution in [-0.4, -0.2) is 68.1 Å². The number of hydrogen-bond acceptors (Lipinski definition) is 9. The average Bonchev–Trinajstić information content (AvgIpc) is 2.98. The summed E-state index contributed by atoms with van der Waals surface area (Å²) in [6.45, 7) is 0.119. The van der Waals surface area contributed by atoms with Crippen molar-refractivity contribution in [3.05, 3.63) is 75.6 Å². The molecule has 1 amide bonds. The molecule has 5 rings (SSSR count). The number of pyridine rings is 1. The summed E-state index contributed by atoms with van der Waals surface area (Å²) in [6, 6.07) is 6.11. The lowest BCUT2D eigenvalue weighted by atomic mass is 9.92. The van der Waals surface area contributed by atoms with E-state index in [0.29, 0.717) is 17.4 Å². The Morgan fingerprint density at radius 1 is 1.04 bits per heavy atom. The number of amides is 1. The molecule has 0 radical (unpaired) electrons. The first-order valence-corrected chi connectivity index (χ1v) is 13.9. The Labute approximate surface area is 256 Å². The molecule has 2 aromatic carbocycles. The van der Waals surface area contributed by atoms with Gasteiger partial charge >= 0.3 is 12.1 Å². The van der Waals surface area contributed by atoms with Gasteiger partial charge in [0.25, 0.3) is 11.5 Å².